The van der Waals surface area contributed by atoms with Crippen molar-refractivity contribution in [2.45, 2.75) is 0 Å². The minimum absolute atomic E-state index is 0. The first-order chi connectivity index (χ1) is 12.9. The van der Waals surface area contributed by atoms with Crippen LogP contribution in [0.25, 0.3) is 21.8 Å². The molecule has 0 saturated carbocycles. The normalized spacial score (nSPS) is 11.1. The SMILES string of the molecule is O=S(=O)(Oc1ccc2cccc(O)c2n1)Oc1ccc2cccc(O)c2n1.[K+]. The van der Waals surface area contributed by atoms with E-state index in [0.29, 0.717) is 10.8 Å². The van der Waals surface area contributed by atoms with Crippen LogP contribution in [0.3, 0.4) is 0 Å². The first kappa shape index (κ1) is 20.8. The minimum Gasteiger partial charge on any atom is -0.506 e. The van der Waals surface area contributed by atoms with Crippen LogP contribution >= 0.6 is 0 Å². The Morgan fingerprint density at radius 2 is 1.11 bits per heavy atom. The van der Waals surface area contributed by atoms with Gasteiger partial charge in [-0.2, -0.15) is 0 Å². The van der Waals surface area contributed by atoms with Crippen molar-refractivity contribution in [3.8, 4) is 23.3 Å². The summed E-state index contributed by atoms with van der Waals surface area (Å²) in [6, 6.07) is 15.3. The molecule has 0 atom stereocenters. The van der Waals surface area contributed by atoms with Crippen molar-refractivity contribution < 1.29 is 78.4 Å². The molecule has 10 heteroatoms. The number of aromatic hydroxyl groups is 2. The number of phenols is 2. The smallest absolute Gasteiger partial charge is 0.506 e. The molecule has 0 amide bonds. The van der Waals surface area contributed by atoms with Crippen LogP contribution in [-0.4, -0.2) is 28.6 Å². The topological polar surface area (TPSA) is 119 Å². The Labute approximate surface area is 202 Å². The number of phenolic OH excluding ortho intramolecular Hbond substituents is 2. The summed E-state index contributed by atoms with van der Waals surface area (Å²) in [6.07, 6.45) is 0. The molecule has 4 rings (SSSR count). The molecular formula is C18H12KN2O6S+. The summed E-state index contributed by atoms with van der Waals surface area (Å²) in [7, 11) is -4.54. The van der Waals surface area contributed by atoms with E-state index in [0.717, 1.165) is 0 Å². The Kier molecular flexibility index (Phi) is 6.08. The maximum atomic E-state index is 12.2. The first-order valence-corrected chi connectivity index (χ1v) is 9.06. The van der Waals surface area contributed by atoms with E-state index < -0.39 is 10.4 Å². The predicted octanol–water partition coefficient (Wildman–Crippen LogP) is -0.0992. The number of hydrogen-bond donors (Lipinski definition) is 2. The zero-order valence-electron chi connectivity index (χ0n) is 14.6. The number of fused-ring (bicyclic) bond motifs is 2. The zero-order chi connectivity index (χ0) is 19.0. The van der Waals surface area contributed by atoms with Gasteiger partial charge >= 0.3 is 61.8 Å². The van der Waals surface area contributed by atoms with Crippen molar-refractivity contribution in [2.24, 2.45) is 0 Å². The predicted molar refractivity (Wildman–Crippen MR) is 97.0 cm³/mol. The number of para-hydroxylation sites is 2. The summed E-state index contributed by atoms with van der Waals surface area (Å²) >= 11 is 0. The molecule has 0 spiro atoms. The Morgan fingerprint density at radius 3 is 1.54 bits per heavy atom. The van der Waals surface area contributed by atoms with Gasteiger partial charge in [0, 0.05) is 22.9 Å². The van der Waals surface area contributed by atoms with Crippen LogP contribution < -0.4 is 59.8 Å². The van der Waals surface area contributed by atoms with Gasteiger partial charge in [0.1, 0.15) is 22.5 Å². The van der Waals surface area contributed by atoms with E-state index in [-0.39, 0.29) is 85.7 Å². The quantitative estimate of drug-likeness (QED) is 0.437. The Morgan fingerprint density at radius 1 is 0.679 bits per heavy atom. The van der Waals surface area contributed by atoms with Crippen LogP contribution in [0.1, 0.15) is 0 Å². The third-order valence-electron chi connectivity index (χ3n) is 3.72. The zero-order valence-corrected chi connectivity index (χ0v) is 18.5. The summed E-state index contributed by atoms with van der Waals surface area (Å²) in [4.78, 5) is 7.95. The van der Waals surface area contributed by atoms with Crippen LogP contribution in [0, 0.1) is 0 Å². The maximum Gasteiger partial charge on any atom is 1.00 e. The fraction of sp³-hybridized carbons (Fsp3) is 0. The fourth-order valence-electron chi connectivity index (χ4n) is 2.55. The summed E-state index contributed by atoms with van der Waals surface area (Å²) < 4.78 is 34.0. The molecule has 0 radical (unpaired) electrons. The Bertz CT molecular complexity index is 1190. The minimum atomic E-state index is -4.54. The van der Waals surface area contributed by atoms with Gasteiger partial charge in [0.25, 0.3) is 0 Å². The van der Waals surface area contributed by atoms with Crippen molar-refractivity contribution in [3.05, 3.63) is 60.7 Å². The van der Waals surface area contributed by atoms with Gasteiger partial charge in [0.15, 0.2) is 0 Å². The van der Waals surface area contributed by atoms with Gasteiger partial charge in [-0.3, -0.25) is 0 Å². The molecule has 0 aliphatic rings. The fourth-order valence-corrected chi connectivity index (χ4v) is 3.18. The first-order valence-electron chi connectivity index (χ1n) is 7.73. The second-order valence-corrected chi connectivity index (χ2v) is 6.72. The molecule has 2 N–H and O–H groups in total. The number of hydrogen-bond acceptors (Lipinski definition) is 8. The second kappa shape index (κ2) is 8.19. The van der Waals surface area contributed by atoms with E-state index in [1.807, 2.05) is 0 Å². The molecule has 2 heterocycles. The van der Waals surface area contributed by atoms with Gasteiger partial charge in [-0.1, -0.05) is 24.3 Å². The summed E-state index contributed by atoms with van der Waals surface area (Å²) in [5, 5.41) is 20.9. The van der Waals surface area contributed by atoms with Gasteiger partial charge in [-0.25, -0.2) is 9.97 Å². The van der Waals surface area contributed by atoms with Crippen molar-refractivity contribution in [1.29, 1.82) is 0 Å². The molecule has 0 unspecified atom stereocenters. The van der Waals surface area contributed by atoms with Crippen molar-refractivity contribution in [2.75, 3.05) is 0 Å². The standard InChI is InChI=1S/C18H12N2O6S.K/c21-13-5-1-3-11-7-9-15(19-17(11)13)25-27(23,24)26-16-10-8-12-4-2-6-14(22)18(12)20-16;/h1-10,21-22H;/q;+1. The molecule has 2 aromatic carbocycles. The van der Waals surface area contributed by atoms with Crippen LogP contribution in [0.15, 0.2) is 60.7 Å². The van der Waals surface area contributed by atoms with Gasteiger partial charge in [0.2, 0.25) is 11.8 Å². The molecule has 28 heavy (non-hydrogen) atoms. The van der Waals surface area contributed by atoms with Crippen molar-refractivity contribution >= 4 is 32.2 Å². The van der Waals surface area contributed by atoms with E-state index in [1.165, 1.54) is 24.3 Å². The number of benzene rings is 2. The molecule has 0 bridgehead atoms. The molecule has 0 aliphatic heterocycles. The molecule has 8 nitrogen and oxygen atoms in total. The van der Waals surface area contributed by atoms with Gasteiger partial charge in [-0.15, -0.1) is 8.42 Å². The Balaban J connectivity index is 0.00000225. The second-order valence-electron chi connectivity index (χ2n) is 5.57. The van der Waals surface area contributed by atoms with E-state index in [2.05, 4.69) is 9.97 Å². The van der Waals surface area contributed by atoms with Crippen LogP contribution in [-0.2, 0) is 10.4 Å². The monoisotopic (exact) mass is 423 g/mol. The number of rotatable bonds is 4. The Hall–Kier alpha value is -1.95. The molecule has 2 aromatic heterocycles. The summed E-state index contributed by atoms with van der Waals surface area (Å²) in [5.41, 5.74) is 0.387. The van der Waals surface area contributed by atoms with E-state index in [1.54, 1.807) is 36.4 Å². The molecule has 4 aromatic rings. The van der Waals surface area contributed by atoms with Crippen LogP contribution in [0.4, 0.5) is 0 Å². The van der Waals surface area contributed by atoms with E-state index in [9.17, 15) is 18.6 Å². The molecular weight excluding hydrogens is 411 g/mol. The average molecular weight is 423 g/mol. The van der Waals surface area contributed by atoms with Gasteiger partial charge in [-0.05, 0) is 24.3 Å². The number of pyridine rings is 2. The largest absolute Gasteiger partial charge is 1.00 e. The van der Waals surface area contributed by atoms with E-state index in [4.69, 9.17) is 8.37 Å². The average Bonchev–Trinajstić information content (AvgIpc) is 2.62. The summed E-state index contributed by atoms with van der Waals surface area (Å²) in [5.74, 6) is -0.758. The van der Waals surface area contributed by atoms with Crippen LogP contribution in [0.5, 0.6) is 23.3 Å². The maximum absolute atomic E-state index is 12.2. The van der Waals surface area contributed by atoms with Crippen LogP contribution in [0.2, 0.25) is 0 Å². The molecule has 0 saturated heterocycles. The molecule has 0 aliphatic carbocycles. The van der Waals surface area contributed by atoms with Crippen molar-refractivity contribution in [3.63, 3.8) is 0 Å². The molecule has 0 fully saturated rings. The summed E-state index contributed by atoms with van der Waals surface area (Å²) in [6.45, 7) is 0. The number of nitrogens with zero attached hydrogens (tertiary/aromatic N) is 2. The van der Waals surface area contributed by atoms with E-state index >= 15 is 0 Å². The van der Waals surface area contributed by atoms with Crippen molar-refractivity contribution in [1.82, 2.24) is 9.97 Å². The molecule has 136 valence electrons. The third kappa shape index (κ3) is 4.37. The van der Waals surface area contributed by atoms with Gasteiger partial charge in [0.05, 0.1) is 0 Å². The number of aromatic nitrogens is 2. The van der Waals surface area contributed by atoms with Gasteiger partial charge < -0.3 is 18.6 Å². The third-order valence-corrected chi connectivity index (χ3v) is 4.47.